The van der Waals surface area contributed by atoms with Crippen LogP contribution < -0.4 is 10.1 Å². The minimum absolute atomic E-state index is 0.590. The van der Waals surface area contributed by atoms with Crippen molar-refractivity contribution < 1.29 is 4.74 Å². The molecule has 0 aliphatic rings. The van der Waals surface area contributed by atoms with Crippen LogP contribution in [-0.2, 0) is 0 Å². The van der Waals surface area contributed by atoms with E-state index in [4.69, 9.17) is 4.74 Å². The molecule has 1 rings (SSSR count). The van der Waals surface area contributed by atoms with E-state index in [1.807, 2.05) is 0 Å². The largest absolute Gasteiger partial charge is 0.493 e. The Kier molecular flexibility index (Phi) is 6.81. The van der Waals surface area contributed by atoms with Crippen LogP contribution in [0.25, 0.3) is 0 Å². The van der Waals surface area contributed by atoms with Crippen molar-refractivity contribution >= 4 is 0 Å². The SMILES string of the molecule is CCCNC(C)CCCOc1ccc(C)cc1C. The first-order chi connectivity index (χ1) is 8.63. The van der Waals surface area contributed by atoms with E-state index in [1.165, 1.54) is 24.0 Å². The molecule has 0 amide bonds. The summed E-state index contributed by atoms with van der Waals surface area (Å²) in [6, 6.07) is 6.94. The molecule has 1 aromatic rings. The predicted octanol–water partition coefficient (Wildman–Crippen LogP) is 3.85. The van der Waals surface area contributed by atoms with Gasteiger partial charge in [-0.3, -0.25) is 0 Å². The summed E-state index contributed by atoms with van der Waals surface area (Å²) < 4.78 is 5.82. The lowest BCUT2D eigenvalue weighted by atomic mass is 10.1. The number of hydrogen-bond acceptors (Lipinski definition) is 2. The van der Waals surface area contributed by atoms with Gasteiger partial charge in [0.25, 0.3) is 0 Å². The molecule has 0 bridgehead atoms. The Hall–Kier alpha value is -1.02. The molecular formula is C16H27NO. The summed E-state index contributed by atoms with van der Waals surface area (Å²) in [5.41, 5.74) is 2.52. The fourth-order valence-electron chi connectivity index (χ4n) is 2.03. The van der Waals surface area contributed by atoms with Crippen molar-refractivity contribution in [3.63, 3.8) is 0 Å². The lowest BCUT2D eigenvalue weighted by Crippen LogP contribution is -2.26. The monoisotopic (exact) mass is 249 g/mol. The van der Waals surface area contributed by atoms with Gasteiger partial charge in [0.2, 0.25) is 0 Å². The lowest BCUT2D eigenvalue weighted by Gasteiger charge is -2.14. The Morgan fingerprint density at radius 3 is 2.72 bits per heavy atom. The summed E-state index contributed by atoms with van der Waals surface area (Å²) in [4.78, 5) is 0. The van der Waals surface area contributed by atoms with Gasteiger partial charge in [0.05, 0.1) is 6.61 Å². The van der Waals surface area contributed by atoms with Crippen LogP contribution in [0, 0.1) is 13.8 Å². The Morgan fingerprint density at radius 1 is 1.28 bits per heavy atom. The summed E-state index contributed by atoms with van der Waals surface area (Å²) in [7, 11) is 0. The number of benzene rings is 1. The van der Waals surface area contributed by atoms with Crippen LogP contribution in [0.2, 0.25) is 0 Å². The Labute approximate surface area is 112 Å². The molecule has 18 heavy (non-hydrogen) atoms. The van der Waals surface area contributed by atoms with Crippen molar-refractivity contribution in [3.05, 3.63) is 29.3 Å². The summed E-state index contributed by atoms with van der Waals surface area (Å²) >= 11 is 0. The molecule has 0 aliphatic carbocycles. The Bertz CT molecular complexity index is 349. The van der Waals surface area contributed by atoms with Gasteiger partial charge in [-0.15, -0.1) is 0 Å². The second-order valence-corrected chi connectivity index (χ2v) is 5.11. The number of hydrogen-bond donors (Lipinski definition) is 1. The van der Waals surface area contributed by atoms with E-state index < -0.39 is 0 Å². The van der Waals surface area contributed by atoms with Crippen molar-refractivity contribution in [3.8, 4) is 5.75 Å². The molecule has 0 spiro atoms. The van der Waals surface area contributed by atoms with Gasteiger partial charge in [0.1, 0.15) is 5.75 Å². The maximum absolute atomic E-state index is 5.82. The molecule has 0 radical (unpaired) electrons. The van der Waals surface area contributed by atoms with Gasteiger partial charge in [-0.1, -0.05) is 24.6 Å². The highest BCUT2D eigenvalue weighted by atomic mass is 16.5. The maximum Gasteiger partial charge on any atom is 0.122 e. The van der Waals surface area contributed by atoms with E-state index in [-0.39, 0.29) is 0 Å². The first kappa shape index (κ1) is 15.0. The minimum atomic E-state index is 0.590. The van der Waals surface area contributed by atoms with Crippen molar-refractivity contribution in [1.82, 2.24) is 5.32 Å². The zero-order valence-electron chi connectivity index (χ0n) is 12.3. The quantitative estimate of drug-likeness (QED) is 0.707. The maximum atomic E-state index is 5.82. The Morgan fingerprint density at radius 2 is 2.06 bits per heavy atom. The van der Waals surface area contributed by atoms with E-state index in [9.17, 15) is 0 Å². The van der Waals surface area contributed by atoms with Crippen LogP contribution in [-0.4, -0.2) is 19.2 Å². The van der Waals surface area contributed by atoms with E-state index in [1.54, 1.807) is 0 Å². The second-order valence-electron chi connectivity index (χ2n) is 5.11. The van der Waals surface area contributed by atoms with Crippen LogP contribution in [0.5, 0.6) is 5.75 Å². The van der Waals surface area contributed by atoms with E-state index in [2.05, 4.69) is 51.2 Å². The van der Waals surface area contributed by atoms with Gasteiger partial charge in [-0.25, -0.2) is 0 Å². The highest BCUT2D eigenvalue weighted by Gasteiger charge is 2.02. The molecule has 1 atom stereocenters. The zero-order chi connectivity index (χ0) is 13.4. The number of nitrogens with one attached hydrogen (secondary N) is 1. The van der Waals surface area contributed by atoms with Gasteiger partial charge in [-0.2, -0.15) is 0 Å². The van der Waals surface area contributed by atoms with Crippen molar-refractivity contribution in [2.75, 3.05) is 13.2 Å². The van der Waals surface area contributed by atoms with E-state index in [0.29, 0.717) is 6.04 Å². The number of ether oxygens (including phenoxy) is 1. The van der Waals surface area contributed by atoms with Crippen LogP contribution >= 0.6 is 0 Å². The van der Waals surface area contributed by atoms with Crippen molar-refractivity contribution in [1.29, 1.82) is 0 Å². The molecule has 0 saturated heterocycles. The first-order valence-electron chi connectivity index (χ1n) is 7.07. The van der Waals surface area contributed by atoms with Gasteiger partial charge in [0.15, 0.2) is 0 Å². The molecule has 0 heterocycles. The number of rotatable bonds is 8. The van der Waals surface area contributed by atoms with Gasteiger partial charge in [0, 0.05) is 6.04 Å². The molecule has 1 N–H and O–H groups in total. The average molecular weight is 249 g/mol. The highest BCUT2D eigenvalue weighted by molar-refractivity contribution is 5.35. The minimum Gasteiger partial charge on any atom is -0.493 e. The zero-order valence-corrected chi connectivity index (χ0v) is 12.3. The molecule has 1 unspecified atom stereocenters. The molecule has 0 aromatic heterocycles. The molecule has 2 nitrogen and oxygen atoms in total. The molecule has 0 fully saturated rings. The molecule has 0 aliphatic heterocycles. The van der Waals surface area contributed by atoms with Crippen molar-refractivity contribution in [2.45, 2.75) is 53.0 Å². The second kappa shape index (κ2) is 8.15. The third-order valence-electron chi connectivity index (χ3n) is 3.11. The molecule has 1 aromatic carbocycles. The topological polar surface area (TPSA) is 21.3 Å². The van der Waals surface area contributed by atoms with Crippen LogP contribution in [0.1, 0.15) is 44.2 Å². The van der Waals surface area contributed by atoms with Crippen LogP contribution in [0.15, 0.2) is 18.2 Å². The van der Waals surface area contributed by atoms with Gasteiger partial charge in [-0.05, 0) is 58.2 Å². The van der Waals surface area contributed by atoms with E-state index in [0.717, 1.165) is 25.3 Å². The van der Waals surface area contributed by atoms with Gasteiger partial charge >= 0.3 is 0 Å². The van der Waals surface area contributed by atoms with Gasteiger partial charge < -0.3 is 10.1 Å². The standard InChI is InChI=1S/C16H27NO/c1-5-10-17-15(4)7-6-11-18-16-9-8-13(2)12-14(16)3/h8-9,12,15,17H,5-7,10-11H2,1-4H3. The number of aryl methyl sites for hydroxylation is 2. The average Bonchev–Trinajstić information content (AvgIpc) is 2.34. The first-order valence-corrected chi connectivity index (χ1v) is 7.07. The highest BCUT2D eigenvalue weighted by Crippen LogP contribution is 2.18. The lowest BCUT2D eigenvalue weighted by molar-refractivity contribution is 0.296. The Balaban J connectivity index is 2.21. The molecular weight excluding hydrogens is 222 g/mol. The van der Waals surface area contributed by atoms with Crippen LogP contribution in [0.3, 0.4) is 0 Å². The summed E-state index contributed by atoms with van der Waals surface area (Å²) in [6.07, 6.45) is 3.47. The predicted molar refractivity (Wildman–Crippen MR) is 78.4 cm³/mol. The van der Waals surface area contributed by atoms with E-state index >= 15 is 0 Å². The smallest absolute Gasteiger partial charge is 0.122 e. The fourth-order valence-corrected chi connectivity index (χ4v) is 2.03. The third kappa shape index (κ3) is 5.54. The molecule has 102 valence electrons. The summed E-state index contributed by atoms with van der Waals surface area (Å²) in [5, 5.41) is 3.49. The third-order valence-corrected chi connectivity index (χ3v) is 3.11. The normalized spacial score (nSPS) is 12.4. The molecule has 2 heteroatoms. The van der Waals surface area contributed by atoms with Crippen molar-refractivity contribution in [2.24, 2.45) is 0 Å². The summed E-state index contributed by atoms with van der Waals surface area (Å²) in [5.74, 6) is 1.02. The fraction of sp³-hybridized carbons (Fsp3) is 0.625. The van der Waals surface area contributed by atoms with Crippen LogP contribution in [0.4, 0.5) is 0 Å². The summed E-state index contributed by atoms with van der Waals surface area (Å²) in [6.45, 7) is 10.6. The molecule has 0 saturated carbocycles.